The van der Waals surface area contributed by atoms with Gasteiger partial charge >= 0.3 is 0 Å². The quantitative estimate of drug-likeness (QED) is 0.695. The molecule has 0 atom stereocenters. The standard InChI is InChI=1S/C14H10F2N2O3/c1-8-3-2-4-10(13(8)18(20)21)14(19)17-12-6-5-9(15)7-11(12)16/h2-7H,1H3,(H,17,19). The van der Waals surface area contributed by atoms with Crippen molar-refractivity contribution in [1.82, 2.24) is 0 Å². The number of nitro benzene ring substituents is 1. The number of para-hydroxylation sites is 1. The molecule has 0 fully saturated rings. The molecule has 0 bridgehead atoms. The van der Waals surface area contributed by atoms with Crippen LogP contribution in [0.15, 0.2) is 36.4 Å². The highest BCUT2D eigenvalue weighted by molar-refractivity contribution is 6.07. The molecule has 0 aliphatic carbocycles. The topological polar surface area (TPSA) is 72.2 Å². The Morgan fingerprint density at radius 2 is 1.95 bits per heavy atom. The second-order valence-corrected chi connectivity index (χ2v) is 4.31. The third-order valence-corrected chi connectivity index (χ3v) is 2.84. The summed E-state index contributed by atoms with van der Waals surface area (Å²) in [6.07, 6.45) is 0. The van der Waals surface area contributed by atoms with Crippen molar-refractivity contribution >= 4 is 17.3 Å². The van der Waals surface area contributed by atoms with Crippen molar-refractivity contribution in [3.8, 4) is 0 Å². The van der Waals surface area contributed by atoms with Crippen molar-refractivity contribution in [1.29, 1.82) is 0 Å². The van der Waals surface area contributed by atoms with E-state index in [4.69, 9.17) is 0 Å². The van der Waals surface area contributed by atoms with Crippen molar-refractivity contribution in [2.45, 2.75) is 6.92 Å². The van der Waals surface area contributed by atoms with Gasteiger partial charge in [-0.05, 0) is 25.1 Å². The van der Waals surface area contributed by atoms with Crippen molar-refractivity contribution in [3.05, 3.63) is 69.3 Å². The summed E-state index contributed by atoms with van der Waals surface area (Å²) >= 11 is 0. The summed E-state index contributed by atoms with van der Waals surface area (Å²) in [6.45, 7) is 1.49. The number of aryl methyl sites for hydroxylation is 1. The fourth-order valence-corrected chi connectivity index (χ4v) is 1.87. The smallest absolute Gasteiger partial charge is 0.285 e. The van der Waals surface area contributed by atoms with Crippen LogP contribution in [0.1, 0.15) is 15.9 Å². The van der Waals surface area contributed by atoms with Gasteiger partial charge in [0.05, 0.1) is 10.6 Å². The molecule has 108 valence electrons. The highest BCUT2D eigenvalue weighted by Gasteiger charge is 2.23. The molecule has 0 unspecified atom stereocenters. The predicted octanol–water partition coefficient (Wildman–Crippen LogP) is 3.43. The zero-order valence-corrected chi connectivity index (χ0v) is 10.9. The number of anilines is 1. The number of benzene rings is 2. The summed E-state index contributed by atoms with van der Waals surface area (Å²) in [5.74, 6) is -2.58. The first-order chi connectivity index (χ1) is 9.90. The maximum absolute atomic E-state index is 13.5. The van der Waals surface area contributed by atoms with E-state index in [1.54, 1.807) is 0 Å². The van der Waals surface area contributed by atoms with Crippen LogP contribution in [-0.4, -0.2) is 10.8 Å². The van der Waals surface area contributed by atoms with Crippen molar-refractivity contribution in [2.24, 2.45) is 0 Å². The predicted molar refractivity (Wildman–Crippen MR) is 72.1 cm³/mol. The molecule has 5 nitrogen and oxygen atoms in total. The van der Waals surface area contributed by atoms with Gasteiger partial charge in [0.2, 0.25) is 0 Å². The minimum absolute atomic E-state index is 0.191. The molecule has 0 aliphatic heterocycles. The molecule has 2 aromatic rings. The maximum Gasteiger partial charge on any atom is 0.285 e. The second-order valence-electron chi connectivity index (χ2n) is 4.31. The molecule has 0 radical (unpaired) electrons. The van der Waals surface area contributed by atoms with Gasteiger partial charge in [-0.1, -0.05) is 12.1 Å². The Kier molecular flexibility index (Phi) is 3.93. The Balaban J connectivity index is 2.37. The number of carbonyl (C=O) groups is 1. The minimum Gasteiger partial charge on any atom is -0.319 e. The van der Waals surface area contributed by atoms with Crippen LogP contribution in [0.2, 0.25) is 0 Å². The molecule has 7 heteroatoms. The van der Waals surface area contributed by atoms with E-state index in [9.17, 15) is 23.7 Å². The van der Waals surface area contributed by atoms with Crippen molar-refractivity contribution in [2.75, 3.05) is 5.32 Å². The number of halogens is 2. The van der Waals surface area contributed by atoms with Crippen LogP contribution < -0.4 is 5.32 Å². The highest BCUT2D eigenvalue weighted by atomic mass is 19.1. The van der Waals surface area contributed by atoms with E-state index in [1.807, 2.05) is 0 Å². The molecule has 1 N–H and O–H groups in total. The number of hydrogen-bond acceptors (Lipinski definition) is 3. The van der Waals surface area contributed by atoms with E-state index in [1.165, 1.54) is 25.1 Å². The largest absolute Gasteiger partial charge is 0.319 e. The van der Waals surface area contributed by atoms with Gasteiger partial charge in [-0.3, -0.25) is 14.9 Å². The van der Waals surface area contributed by atoms with Crippen molar-refractivity contribution in [3.63, 3.8) is 0 Å². The van der Waals surface area contributed by atoms with Gasteiger partial charge in [0.15, 0.2) is 0 Å². The van der Waals surface area contributed by atoms with E-state index in [0.29, 0.717) is 11.6 Å². The van der Waals surface area contributed by atoms with Crippen LogP contribution in [0.4, 0.5) is 20.2 Å². The van der Waals surface area contributed by atoms with E-state index in [2.05, 4.69) is 5.32 Å². The molecule has 0 heterocycles. The molecule has 0 saturated heterocycles. The van der Waals surface area contributed by atoms with Gasteiger partial charge in [-0.15, -0.1) is 0 Å². The maximum atomic E-state index is 13.5. The summed E-state index contributed by atoms with van der Waals surface area (Å²) in [5.41, 5.74) is -0.481. The van der Waals surface area contributed by atoms with Crippen LogP contribution in [-0.2, 0) is 0 Å². The van der Waals surface area contributed by atoms with Gasteiger partial charge in [0.1, 0.15) is 17.2 Å². The van der Waals surface area contributed by atoms with Gasteiger partial charge in [0, 0.05) is 11.6 Å². The zero-order valence-electron chi connectivity index (χ0n) is 10.9. The van der Waals surface area contributed by atoms with E-state index < -0.39 is 22.5 Å². The van der Waals surface area contributed by atoms with E-state index in [0.717, 1.165) is 12.1 Å². The van der Waals surface area contributed by atoms with Gasteiger partial charge in [-0.25, -0.2) is 8.78 Å². The number of nitrogens with one attached hydrogen (secondary N) is 1. The first kappa shape index (κ1) is 14.6. The Hall–Kier alpha value is -2.83. The molecule has 0 spiro atoms. The molecule has 1 amide bonds. The van der Waals surface area contributed by atoms with Crippen LogP contribution in [0.5, 0.6) is 0 Å². The lowest BCUT2D eigenvalue weighted by atomic mass is 10.1. The Bertz CT molecular complexity index is 732. The van der Waals surface area contributed by atoms with Gasteiger partial charge < -0.3 is 5.32 Å². The molecule has 0 aliphatic rings. The summed E-state index contributed by atoms with van der Waals surface area (Å²) < 4.78 is 26.3. The molecule has 0 saturated carbocycles. The number of hydrogen-bond donors (Lipinski definition) is 1. The monoisotopic (exact) mass is 292 g/mol. The minimum atomic E-state index is -0.960. The molecular weight excluding hydrogens is 282 g/mol. The second kappa shape index (κ2) is 5.66. The number of amides is 1. The average molecular weight is 292 g/mol. The summed E-state index contributed by atoms with van der Waals surface area (Å²) in [5, 5.41) is 13.2. The van der Waals surface area contributed by atoms with Crippen LogP contribution in [0.3, 0.4) is 0 Å². The van der Waals surface area contributed by atoms with E-state index >= 15 is 0 Å². The first-order valence-electron chi connectivity index (χ1n) is 5.90. The number of rotatable bonds is 3. The normalized spacial score (nSPS) is 10.2. The zero-order chi connectivity index (χ0) is 15.6. The third kappa shape index (κ3) is 3.02. The van der Waals surface area contributed by atoms with Crippen molar-refractivity contribution < 1.29 is 18.5 Å². The molecule has 2 rings (SSSR count). The Morgan fingerprint density at radius 1 is 1.24 bits per heavy atom. The lowest BCUT2D eigenvalue weighted by Gasteiger charge is -2.08. The summed E-state index contributed by atoms with van der Waals surface area (Å²) in [6, 6.07) is 6.88. The molecule has 2 aromatic carbocycles. The number of nitrogens with zero attached hydrogens (tertiary/aromatic N) is 1. The highest BCUT2D eigenvalue weighted by Crippen LogP contribution is 2.24. The van der Waals surface area contributed by atoms with E-state index in [-0.39, 0.29) is 16.9 Å². The fraction of sp³-hybridized carbons (Fsp3) is 0.0714. The van der Waals surface area contributed by atoms with Gasteiger partial charge in [0.25, 0.3) is 11.6 Å². The Morgan fingerprint density at radius 3 is 2.57 bits per heavy atom. The number of carbonyl (C=O) groups excluding carboxylic acids is 1. The van der Waals surface area contributed by atoms with Crippen LogP contribution in [0.25, 0.3) is 0 Å². The summed E-state index contributed by atoms with van der Waals surface area (Å²) in [7, 11) is 0. The third-order valence-electron chi connectivity index (χ3n) is 2.84. The molecule has 21 heavy (non-hydrogen) atoms. The molecule has 0 aromatic heterocycles. The summed E-state index contributed by atoms with van der Waals surface area (Å²) in [4.78, 5) is 22.4. The SMILES string of the molecule is Cc1cccc(C(=O)Nc2ccc(F)cc2F)c1[N+](=O)[O-]. The van der Waals surface area contributed by atoms with Crippen LogP contribution in [0, 0.1) is 28.7 Å². The first-order valence-corrected chi connectivity index (χ1v) is 5.90. The molecular formula is C14H10F2N2O3. The number of nitro groups is 1. The van der Waals surface area contributed by atoms with Crippen LogP contribution >= 0.6 is 0 Å². The lowest BCUT2D eigenvalue weighted by Crippen LogP contribution is -2.15. The lowest BCUT2D eigenvalue weighted by molar-refractivity contribution is -0.385. The van der Waals surface area contributed by atoms with Gasteiger partial charge in [-0.2, -0.15) is 0 Å². The average Bonchev–Trinajstić information content (AvgIpc) is 2.41. The Labute approximate surface area is 118 Å². The fourth-order valence-electron chi connectivity index (χ4n) is 1.87.